The Morgan fingerprint density at radius 1 is 1.29 bits per heavy atom. The predicted molar refractivity (Wildman–Crippen MR) is 63.7 cm³/mol. The fourth-order valence-corrected chi connectivity index (χ4v) is 1.99. The Balaban J connectivity index is 2.10. The standard InChI is InChI=1S/C12H16FN3O/c13-10-1-3-12(4-2-10)16(9-17)15-7-5-11(14)6-8-15/h1-4,9,11H,5-8,14H2. The van der Waals surface area contributed by atoms with Crippen LogP contribution in [0.3, 0.4) is 0 Å². The predicted octanol–water partition coefficient (Wildman–Crippen LogP) is 1.13. The summed E-state index contributed by atoms with van der Waals surface area (Å²) in [5, 5.41) is 3.45. The molecule has 2 rings (SSSR count). The van der Waals surface area contributed by atoms with Crippen LogP contribution in [0.25, 0.3) is 0 Å². The number of piperidine rings is 1. The summed E-state index contributed by atoms with van der Waals surface area (Å²) in [5.41, 5.74) is 6.49. The van der Waals surface area contributed by atoms with Crippen LogP contribution < -0.4 is 10.7 Å². The molecular formula is C12H16FN3O. The first kappa shape index (κ1) is 12.0. The van der Waals surface area contributed by atoms with Gasteiger partial charge in [0.1, 0.15) is 5.82 Å². The maximum absolute atomic E-state index is 12.8. The maximum Gasteiger partial charge on any atom is 0.228 e. The summed E-state index contributed by atoms with van der Waals surface area (Å²) in [5.74, 6) is -0.305. The molecule has 1 aliphatic rings. The van der Waals surface area contributed by atoms with Crippen LogP contribution in [-0.2, 0) is 4.79 Å². The molecule has 17 heavy (non-hydrogen) atoms. The van der Waals surface area contributed by atoms with Gasteiger partial charge in [-0.25, -0.2) is 14.4 Å². The minimum Gasteiger partial charge on any atom is -0.328 e. The monoisotopic (exact) mass is 237 g/mol. The van der Waals surface area contributed by atoms with E-state index in [-0.39, 0.29) is 11.9 Å². The topological polar surface area (TPSA) is 49.6 Å². The van der Waals surface area contributed by atoms with Crippen molar-refractivity contribution in [3.05, 3.63) is 30.1 Å². The first-order chi connectivity index (χ1) is 8.20. The van der Waals surface area contributed by atoms with Crippen molar-refractivity contribution in [1.29, 1.82) is 0 Å². The number of carbonyl (C=O) groups is 1. The van der Waals surface area contributed by atoms with Crippen molar-refractivity contribution in [3.8, 4) is 0 Å². The van der Waals surface area contributed by atoms with Crippen LogP contribution in [0.15, 0.2) is 24.3 Å². The van der Waals surface area contributed by atoms with Gasteiger partial charge in [0.25, 0.3) is 0 Å². The van der Waals surface area contributed by atoms with E-state index < -0.39 is 0 Å². The molecule has 0 unspecified atom stereocenters. The van der Waals surface area contributed by atoms with E-state index in [2.05, 4.69) is 0 Å². The van der Waals surface area contributed by atoms with Crippen LogP contribution in [0.1, 0.15) is 12.8 Å². The molecule has 1 saturated heterocycles. The van der Waals surface area contributed by atoms with Crippen LogP contribution in [0.4, 0.5) is 10.1 Å². The summed E-state index contributed by atoms with van der Waals surface area (Å²) < 4.78 is 12.8. The first-order valence-corrected chi connectivity index (χ1v) is 5.71. The SMILES string of the molecule is NC1CCN(N(C=O)c2ccc(F)cc2)CC1. The summed E-state index contributed by atoms with van der Waals surface area (Å²) in [6.07, 6.45) is 2.49. The van der Waals surface area contributed by atoms with Crippen LogP contribution in [0.5, 0.6) is 0 Å². The van der Waals surface area contributed by atoms with E-state index in [0.717, 1.165) is 32.3 Å². The number of nitrogens with two attached hydrogens (primary N) is 1. The zero-order valence-electron chi connectivity index (χ0n) is 9.55. The number of benzene rings is 1. The molecule has 1 amide bonds. The van der Waals surface area contributed by atoms with E-state index in [9.17, 15) is 9.18 Å². The first-order valence-electron chi connectivity index (χ1n) is 5.71. The molecule has 0 saturated carbocycles. The third kappa shape index (κ3) is 2.81. The van der Waals surface area contributed by atoms with Crippen molar-refractivity contribution in [1.82, 2.24) is 5.01 Å². The molecule has 0 aromatic heterocycles. The molecule has 1 aromatic carbocycles. The number of nitrogens with zero attached hydrogens (tertiary/aromatic N) is 2. The average Bonchev–Trinajstić information content (AvgIpc) is 2.35. The van der Waals surface area contributed by atoms with E-state index in [1.165, 1.54) is 17.1 Å². The Morgan fingerprint density at radius 2 is 1.88 bits per heavy atom. The third-order valence-corrected chi connectivity index (χ3v) is 3.01. The van der Waals surface area contributed by atoms with Gasteiger partial charge in [0.2, 0.25) is 6.41 Å². The van der Waals surface area contributed by atoms with Crippen molar-refractivity contribution in [3.63, 3.8) is 0 Å². The smallest absolute Gasteiger partial charge is 0.228 e. The van der Waals surface area contributed by atoms with Gasteiger partial charge in [-0.3, -0.25) is 4.79 Å². The maximum atomic E-state index is 12.8. The summed E-state index contributed by atoms with van der Waals surface area (Å²) in [6.45, 7) is 1.49. The van der Waals surface area contributed by atoms with E-state index in [1.54, 1.807) is 12.1 Å². The molecule has 0 aliphatic carbocycles. The second kappa shape index (κ2) is 5.25. The number of hydrazine groups is 1. The van der Waals surface area contributed by atoms with Crippen molar-refractivity contribution < 1.29 is 9.18 Å². The van der Waals surface area contributed by atoms with Gasteiger partial charge in [-0.15, -0.1) is 0 Å². The minimum absolute atomic E-state index is 0.216. The number of anilines is 1. The molecule has 2 N–H and O–H groups in total. The minimum atomic E-state index is -0.305. The molecule has 92 valence electrons. The lowest BCUT2D eigenvalue weighted by molar-refractivity contribution is -0.110. The second-order valence-electron chi connectivity index (χ2n) is 4.22. The van der Waals surface area contributed by atoms with Crippen LogP contribution in [0, 0.1) is 5.82 Å². The van der Waals surface area contributed by atoms with Gasteiger partial charge >= 0.3 is 0 Å². The highest BCUT2D eigenvalue weighted by molar-refractivity contribution is 5.73. The van der Waals surface area contributed by atoms with Crippen LogP contribution in [-0.4, -0.2) is 30.6 Å². The quantitative estimate of drug-likeness (QED) is 0.802. The third-order valence-electron chi connectivity index (χ3n) is 3.01. The van der Waals surface area contributed by atoms with Gasteiger partial charge in [-0.05, 0) is 37.1 Å². The summed E-state index contributed by atoms with van der Waals surface area (Å²) in [7, 11) is 0. The van der Waals surface area contributed by atoms with Crippen molar-refractivity contribution in [2.75, 3.05) is 18.1 Å². The number of halogens is 1. The number of rotatable bonds is 3. The van der Waals surface area contributed by atoms with Crippen molar-refractivity contribution in [2.24, 2.45) is 5.73 Å². The number of hydrogen-bond donors (Lipinski definition) is 1. The lowest BCUT2D eigenvalue weighted by Gasteiger charge is -2.36. The highest BCUT2D eigenvalue weighted by atomic mass is 19.1. The number of carbonyl (C=O) groups excluding carboxylic acids is 1. The van der Waals surface area contributed by atoms with Gasteiger partial charge in [-0.1, -0.05) is 0 Å². The van der Waals surface area contributed by atoms with Crippen molar-refractivity contribution in [2.45, 2.75) is 18.9 Å². The average molecular weight is 237 g/mol. The van der Waals surface area contributed by atoms with Crippen LogP contribution >= 0.6 is 0 Å². The Kier molecular flexibility index (Phi) is 3.71. The molecule has 1 aliphatic heterocycles. The fourth-order valence-electron chi connectivity index (χ4n) is 1.99. The highest BCUT2D eigenvalue weighted by Gasteiger charge is 2.21. The van der Waals surface area contributed by atoms with Gasteiger partial charge < -0.3 is 5.73 Å². The Morgan fingerprint density at radius 3 is 2.41 bits per heavy atom. The van der Waals surface area contributed by atoms with Gasteiger partial charge in [0, 0.05) is 19.1 Å². The van der Waals surface area contributed by atoms with E-state index >= 15 is 0 Å². The van der Waals surface area contributed by atoms with Gasteiger partial charge in [-0.2, -0.15) is 0 Å². The highest BCUT2D eigenvalue weighted by Crippen LogP contribution is 2.18. The molecular weight excluding hydrogens is 221 g/mol. The fraction of sp³-hybridized carbons (Fsp3) is 0.417. The normalized spacial score (nSPS) is 18.0. The Hall–Kier alpha value is -1.46. The lowest BCUT2D eigenvalue weighted by atomic mass is 10.1. The lowest BCUT2D eigenvalue weighted by Crippen LogP contribution is -2.49. The van der Waals surface area contributed by atoms with E-state index in [0.29, 0.717) is 5.69 Å². The molecule has 0 bridgehead atoms. The number of amides is 1. The zero-order chi connectivity index (χ0) is 12.3. The molecule has 0 atom stereocenters. The van der Waals surface area contributed by atoms with Gasteiger partial charge in [0.05, 0.1) is 5.69 Å². The molecule has 5 heteroatoms. The summed E-state index contributed by atoms with van der Waals surface area (Å²) in [6, 6.07) is 6.10. The van der Waals surface area contributed by atoms with Gasteiger partial charge in [0.15, 0.2) is 0 Å². The second-order valence-corrected chi connectivity index (χ2v) is 4.22. The van der Waals surface area contributed by atoms with Crippen LogP contribution in [0.2, 0.25) is 0 Å². The molecule has 4 nitrogen and oxygen atoms in total. The zero-order valence-corrected chi connectivity index (χ0v) is 9.55. The van der Waals surface area contributed by atoms with Crippen molar-refractivity contribution >= 4 is 12.1 Å². The molecule has 0 spiro atoms. The summed E-state index contributed by atoms with van der Waals surface area (Å²) >= 11 is 0. The van der Waals surface area contributed by atoms with E-state index in [4.69, 9.17) is 5.73 Å². The molecule has 1 fully saturated rings. The largest absolute Gasteiger partial charge is 0.328 e. The Bertz CT molecular complexity index is 374. The number of hydrogen-bond acceptors (Lipinski definition) is 3. The molecule has 0 radical (unpaired) electrons. The Labute approximate surface area is 99.8 Å². The van der Waals surface area contributed by atoms with E-state index in [1.807, 2.05) is 5.01 Å². The molecule has 1 heterocycles. The summed E-state index contributed by atoms with van der Waals surface area (Å²) in [4.78, 5) is 11.1. The molecule has 1 aromatic rings.